The van der Waals surface area contributed by atoms with Crippen molar-refractivity contribution in [3.63, 3.8) is 0 Å². The molecule has 1 aliphatic heterocycles. The Balaban J connectivity index is 1.93. The van der Waals surface area contributed by atoms with Crippen molar-refractivity contribution in [2.75, 3.05) is 24.5 Å². The van der Waals surface area contributed by atoms with E-state index in [0.29, 0.717) is 17.8 Å². The van der Waals surface area contributed by atoms with E-state index in [2.05, 4.69) is 24.1 Å². The van der Waals surface area contributed by atoms with E-state index in [1.165, 1.54) is 6.20 Å². The summed E-state index contributed by atoms with van der Waals surface area (Å²) in [5.41, 5.74) is -0.629. The number of hydrogen-bond acceptors (Lipinski definition) is 3. The van der Waals surface area contributed by atoms with Crippen LogP contribution in [-0.4, -0.2) is 30.7 Å². The van der Waals surface area contributed by atoms with Gasteiger partial charge in [0, 0.05) is 25.3 Å². The molecule has 1 N–H and O–H groups in total. The highest BCUT2D eigenvalue weighted by Gasteiger charge is 2.31. The zero-order chi connectivity index (χ0) is 15.5. The molecular formula is C15H22F3N3. The Hall–Kier alpha value is -1.30. The molecule has 0 aromatic carbocycles. The molecule has 6 heteroatoms. The van der Waals surface area contributed by atoms with Gasteiger partial charge >= 0.3 is 6.18 Å². The van der Waals surface area contributed by atoms with Crippen LogP contribution in [-0.2, 0) is 6.18 Å². The summed E-state index contributed by atoms with van der Waals surface area (Å²) in [6.07, 6.45) is -1.10. The zero-order valence-electron chi connectivity index (χ0n) is 12.5. The summed E-state index contributed by atoms with van der Waals surface area (Å²) in [4.78, 5) is 6.03. The number of aromatic nitrogens is 1. The predicted molar refractivity (Wildman–Crippen MR) is 77.3 cm³/mol. The van der Waals surface area contributed by atoms with Crippen LogP contribution in [0, 0.1) is 5.92 Å². The van der Waals surface area contributed by atoms with E-state index >= 15 is 0 Å². The zero-order valence-corrected chi connectivity index (χ0v) is 12.5. The fraction of sp³-hybridized carbons (Fsp3) is 0.667. The van der Waals surface area contributed by atoms with Gasteiger partial charge in [0.25, 0.3) is 0 Å². The topological polar surface area (TPSA) is 28.2 Å². The molecule has 0 spiro atoms. The maximum atomic E-state index is 12.7. The lowest BCUT2D eigenvalue weighted by Crippen LogP contribution is -2.39. The van der Waals surface area contributed by atoms with Crippen LogP contribution in [0.4, 0.5) is 19.0 Å². The second-order valence-corrected chi connectivity index (χ2v) is 5.89. The second kappa shape index (κ2) is 6.64. The molecule has 0 amide bonds. The molecule has 2 rings (SSSR count). The van der Waals surface area contributed by atoms with Gasteiger partial charge in [0.15, 0.2) is 0 Å². The number of alkyl halides is 3. The number of piperidine rings is 1. The Morgan fingerprint density at radius 1 is 1.33 bits per heavy atom. The van der Waals surface area contributed by atoms with Gasteiger partial charge in [-0.3, -0.25) is 0 Å². The Labute approximate surface area is 123 Å². The fourth-order valence-corrected chi connectivity index (χ4v) is 2.54. The molecule has 118 valence electrons. The van der Waals surface area contributed by atoms with Gasteiger partial charge in [-0.25, -0.2) is 4.98 Å². The predicted octanol–water partition coefficient (Wildman–Crippen LogP) is 3.31. The van der Waals surface area contributed by atoms with E-state index in [-0.39, 0.29) is 0 Å². The van der Waals surface area contributed by atoms with Gasteiger partial charge in [-0.05, 0) is 37.4 Å². The third kappa shape index (κ3) is 4.59. The van der Waals surface area contributed by atoms with Crippen molar-refractivity contribution in [1.29, 1.82) is 0 Å². The monoisotopic (exact) mass is 301 g/mol. The summed E-state index contributed by atoms with van der Waals surface area (Å²) >= 11 is 0. The van der Waals surface area contributed by atoms with E-state index < -0.39 is 11.7 Å². The van der Waals surface area contributed by atoms with Crippen LogP contribution >= 0.6 is 0 Å². The molecule has 1 aromatic heterocycles. The second-order valence-electron chi connectivity index (χ2n) is 5.89. The molecule has 0 saturated carbocycles. The molecule has 0 radical (unpaired) electrons. The normalized spacial score (nSPS) is 17.5. The van der Waals surface area contributed by atoms with Gasteiger partial charge in [0.05, 0.1) is 5.56 Å². The van der Waals surface area contributed by atoms with Crippen LogP contribution in [0.15, 0.2) is 18.3 Å². The van der Waals surface area contributed by atoms with E-state index in [4.69, 9.17) is 0 Å². The van der Waals surface area contributed by atoms with Gasteiger partial charge in [-0.15, -0.1) is 0 Å². The third-order valence-electron chi connectivity index (χ3n) is 3.83. The summed E-state index contributed by atoms with van der Waals surface area (Å²) in [5.74, 6) is 1.02. The lowest BCUT2D eigenvalue weighted by atomic mass is 9.96. The molecule has 0 unspecified atom stereocenters. The van der Waals surface area contributed by atoms with Crippen molar-refractivity contribution < 1.29 is 13.2 Å². The standard InChI is InChI=1S/C15H22F3N3/c1-11(2)20-10-12-4-7-21(8-5-12)14-9-13(3-6-19-14)15(16,17)18/h3,6,9,11-12,20H,4-5,7-8,10H2,1-2H3. The van der Waals surface area contributed by atoms with E-state index in [1.54, 1.807) is 0 Å². The lowest BCUT2D eigenvalue weighted by molar-refractivity contribution is -0.137. The average molecular weight is 301 g/mol. The maximum Gasteiger partial charge on any atom is 0.416 e. The molecule has 21 heavy (non-hydrogen) atoms. The summed E-state index contributed by atoms with van der Waals surface area (Å²) in [6, 6.07) is 2.63. The van der Waals surface area contributed by atoms with Crippen molar-refractivity contribution in [2.24, 2.45) is 5.92 Å². The van der Waals surface area contributed by atoms with Gasteiger partial charge in [0.2, 0.25) is 0 Å². The summed E-state index contributed by atoms with van der Waals surface area (Å²) in [5, 5.41) is 3.42. The molecule has 1 saturated heterocycles. The summed E-state index contributed by atoms with van der Waals surface area (Å²) in [6.45, 7) is 6.72. The van der Waals surface area contributed by atoms with Crippen molar-refractivity contribution in [3.8, 4) is 0 Å². The van der Waals surface area contributed by atoms with Crippen LogP contribution in [0.3, 0.4) is 0 Å². The molecule has 2 heterocycles. The minimum Gasteiger partial charge on any atom is -0.357 e. The first-order chi connectivity index (χ1) is 9.86. The molecule has 1 aliphatic rings. The highest BCUT2D eigenvalue weighted by molar-refractivity contribution is 5.42. The smallest absolute Gasteiger partial charge is 0.357 e. The van der Waals surface area contributed by atoms with Gasteiger partial charge in [-0.2, -0.15) is 13.2 Å². The van der Waals surface area contributed by atoms with E-state index in [9.17, 15) is 13.2 Å². The average Bonchev–Trinajstić information content (AvgIpc) is 2.45. The van der Waals surface area contributed by atoms with Crippen molar-refractivity contribution in [1.82, 2.24) is 10.3 Å². The van der Waals surface area contributed by atoms with Crippen LogP contribution < -0.4 is 10.2 Å². The van der Waals surface area contributed by atoms with E-state index in [1.807, 2.05) is 4.90 Å². The Bertz CT molecular complexity index is 452. The quantitative estimate of drug-likeness (QED) is 0.925. The largest absolute Gasteiger partial charge is 0.416 e. The fourth-order valence-electron chi connectivity index (χ4n) is 2.54. The first-order valence-corrected chi connectivity index (χ1v) is 7.38. The van der Waals surface area contributed by atoms with Gasteiger partial charge in [0.1, 0.15) is 5.82 Å². The number of rotatable bonds is 4. The Kier molecular flexibility index (Phi) is 5.08. The minimum atomic E-state index is -4.31. The number of halogens is 3. The Morgan fingerprint density at radius 2 is 2.00 bits per heavy atom. The molecule has 0 aliphatic carbocycles. The van der Waals surface area contributed by atoms with E-state index in [0.717, 1.165) is 44.6 Å². The minimum absolute atomic E-state index is 0.431. The number of pyridine rings is 1. The molecule has 1 fully saturated rings. The Morgan fingerprint density at radius 3 is 2.57 bits per heavy atom. The number of anilines is 1. The highest BCUT2D eigenvalue weighted by Crippen LogP contribution is 2.31. The first kappa shape index (κ1) is 16.1. The van der Waals surface area contributed by atoms with Crippen LogP contribution in [0.2, 0.25) is 0 Å². The van der Waals surface area contributed by atoms with Gasteiger partial charge < -0.3 is 10.2 Å². The molecular weight excluding hydrogens is 279 g/mol. The van der Waals surface area contributed by atoms with Crippen molar-refractivity contribution in [3.05, 3.63) is 23.9 Å². The number of hydrogen-bond donors (Lipinski definition) is 1. The lowest BCUT2D eigenvalue weighted by Gasteiger charge is -2.33. The highest BCUT2D eigenvalue weighted by atomic mass is 19.4. The SMILES string of the molecule is CC(C)NCC1CCN(c2cc(C(F)(F)F)ccn2)CC1. The van der Waals surface area contributed by atoms with Crippen LogP contribution in [0.1, 0.15) is 32.3 Å². The van der Waals surface area contributed by atoms with Crippen LogP contribution in [0.25, 0.3) is 0 Å². The molecule has 1 aromatic rings. The number of nitrogens with one attached hydrogen (secondary N) is 1. The van der Waals surface area contributed by atoms with Crippen molar-refractivity contribution >= 4 is 5.82 Å². The molecule has 0 bridgehead atoms. The molecule has 0 atom stereocenters. The van der Waals surface area contributed by atoms with Crippen LogP contribution in [0.5, 0.6) is 0 Å². The maximum absolute atomic E-state index is 12.7. The number of nitrogens with zero attached hydrogens (tertiary/aromatic N) is 2. The first-order valence-electron chi connectivity index (χ1n) is 7.38. The van der Waals surface area contributed by atoms with Gasteiger partial charge in [-0.1, -0.05) is 13.8 Å². The molecule has 3 nitrogen and oxygen atoms in total. The van der Waals surface area contributed by atoms with Crippen molar-refractivity contribution in [2.45, 2.75) is 38.9 Å². The third-order valence-corrected chi connectivity index (χ3v) is 3.83. The summed E-state index contributed by atoms with van der Waals surface area (Å²) in [7, 11) is 0. The summed E-state index contributed by atoms with van der Waals surface area (Å²) < 4.78 is 38.2.